The Morgan fingerprint density at radius 3 is 2.72 bits per heavy atom. The Balaban J connectivity index is 1.67. The first-order valence-electron chi connectivity index (χ1n) is 12.9. The Labute approximate surface area is 226 Å². The van der Waals surface area contributed by atoms with E-state index < -0.39 is 0 Å². The van der Waals surface area contributed by atoms with Crippen LogP contribution in [0.4, 0.5) is 0 Å². The highest BCUT2D eigenvalue weighted by atomic mass is 35.5. The zero-order chi connectivity index (χ0) is 25.9. The van der Waals surface area contributed by atoms with Crippen molar-refractivity contribution < 1.29 is 9.15 Å². The Kier molecular flexibility index (Phi) is 11.8. The molecular weight excluding hydrogens is 492 g/mol. The second-order valence-corrected chi connectivity index (χ2v) is 10.8. The van der Waals surface area contributed by atoms with E-state index in [0.29, 0.717) is 12.3 Å². The van der Waals surface area contributed by atoms with Gasteiger partial charge in [0.2, 0.25) is 0 Å². The quantitative estimate of drug-likeness (QED) is 0.184. The zero-order valence-corrected chi connectivity index (χ0v) is 24.0. The van der Waals surface area contributed by atoms with Crippen LogP contribution >= 0.6 is 23.4 Å². The van der Waals surface area contributed by atoms with Crippen LogP contribution in [0.1, 0.15) is 54.8 Å². The number of amidine groups is 1. The smallest absolute Gasteiger partial charge is 0.199 e. The molecule has 2 aromatic rings. The molecule has 0 spiro atoms. The number of thioether (sulfide) groups is 1. The molecule has 1 saturated heterocycles. The Morgan fingerprint density at radius 2 is 2.03 bits per heavy atom. The molecule has 0 N–H and O–H groups in total. The average Bonchev–Trinajstić information content (AvgIpc) is 3.30. The van der Waals surface area contributed by atoms with Crippen LogP contribution in [0.25, 0.3) is 0 Å². The number of hydrogen-bond acceptors (Lipinski definition) is 6. The molecule has 198 valence electrons. The molecule has 1 aromatic carbocycles. The highest BCUT2D eigenvalue weighted by Gasteiger charge is 2.23. The van der Waals surface area contributed by atoms with Crippen LogP contribution in [0.3, 0.4) is 0 Å². The predicted molar refractivity (Wildman–Crippen MR) is 152 cm³/mol. The van der Waals surface area contributed by atoms with Crippen molar-refractivity contribution in [3.8, 4) is 0 Å². The molecule has 0 bridgehead atoms. The third kappa shape index (κ3) is 8.65. The highest BCUT2D eigenvalue weighted by Crippen LogP contribution is 2.34. The van der Waals surface area contributed by atoms with Gasteiger partial charge in [0.05, 0.1) is 5.69 Å². The van der Waals surface area contributed by atoms with E-state index >= 15 is 0 Å². The Morgan fingerprint density at radius 1 is 1.25 bits per heavy atom. The maximum atomic E-state index is 6.34. The molecule has 0 saturated carbocycles. The molecule has 36 heavy (non-hydrogen) atoms. The molecule has 0 aliphatic carbocycles. The second-order valence-electron chi connectivity index (χ2n) is 9.40. The summed E-state index contributed by atoms with van der Waals surface area (Å²) in [5.41, 5.74) is 3.31. The minimum atomic E-state index is 0.328. The maximum Gasteiger partial charge on any atom is 0.199 e. The Bertz CT molecular complexity index is 1020. The average molecular weight is 533 g/mol. The molecule has 0 atom stereocenters. The van der Waals surface area contributed by atoms with Crippen molar-refractivity contribution >= 4 is 29.2 Å². The lowest BCUT2D eigenvalue weighted by molar-refractivity contribution is 0.0786. The minimum Gasteiger partial charge on any atom is -0.434 e. The number of rotatable bonds is 12. The third-order valence-electron chi connectivity index (χ3n) is 6.61. The fourth-order valence-corrected chi connectivity index (χ4v) is 5.20. The summed E-state index contributed by atoms with van der Waals surface area (Å²) in [6.07, 6.45) is 7.99. The third-order valence-corrected chi connectivity index (χ3v) is 8.10. The van der Waals surface area contributed by atoms with Gasteiger partial charge in [0.25, 0.3) is 0 Å². The Hall–Kier alpha value is -1.80. The normalized spacial score (nSPS) is 15.4. The van der Waals surface area contributed by atoms with Gasteiger partial charge in [-0.3, -0.25) is 4.99 Å². The van der Waals surface area contributed by atoms with Gasteiger partial charge in [-0.2, -0.15) is 0 Å². The SMILES string of the molecule is CCN(C)CCCN(C)C(/C=C\Cc1nc(C2CCOCC2)oc1SCc1ccc(Cl)c(C)c1)=NC. The van der Waals surface area contributed by atoms with E-state index in [1.165, 1.54) is 5.56 Å². The van der Waals surface area contributed by atoms with Gasteiger partial charge in [-0.25, -0.2) is 4.98 Å². The van der Waals surface area contributed by atoms with E-state index in [1.54, 1.807) is 11.8 Å². The van der Waals surface area contributed by atoms with Crippen molar-refractivity contribution in [1.82, 2.24) is 14.8 Å². The number of nitrogens with zero attached hydrogens (tertiary/aromatic N) is 4. The molecular formula is C28H41ClN4O2S. The monoisotopic (exact) mass is 532 g/mol. The number of benzene rings is 1. The number of hydrogen-bond donors (Lipinski definition) is 0. The minimum absolute atomic E-state index is 0.328. The van der Waals surface area contributed by atoms with Crippen molar-refractivity contribution in [2.45, 2.75) is 56.3 Å². The van der Waals surface area contributed by atoms with Crippen molar-refractivity contribution in [3.05, 3.63) is 58.1 Å². The summed E-state index contributed by atoms with van der Waals surface area (Å²) in [6, 6.07) is 6.19. The van der Waals surface area contributed by atoms with Crippen molar-refractivity contribution in [1.29, 1.82) is 0 Å². The highest BCUT2D eigenvalue weighted by molar-refractivity contribution is 7.98. The number of aryl methyl sites for hydroxylation is 1. The summed E-state index contributed by atoms with van der Waals surface area (Å²) in [4.78, 5) is 14.0. The molecule has 0 amide bonds. The first-order valence-corrected chi connectivity index (χ1v) is 14.3. The number of aliphatic imine (C=N–C) groups is 1. The molecule has 1 fully saturated rings. The molecule has 0 unspecified atom stereocenters. The van der Waals surface area contributed by atoms with Gasteiger partial charge >= 0.3 is 0 Å². The van der Waals surface area contributed by atoms with E-state index in [4.69, 9.17) is 25.7 Å². The van der Waals surface area contributed by atoms with E-state index in [9.17, 15) is 0 Å². The molecule has 1 aliphatic rings. The number of allylic oxidation sites excluding steroid dienone is 1. The predicted octanol–water partition coefficient (Wildman–Crippen LogP) is 6.22. The van der Waals surface area contributed by atoms with Crippen LogP contribution in [0.2, 0.25) is 5.02 Å². The molecule has 8 heteroatoms. The summed E-state index contributed by atoms with van der Waals surface area (Å²) < 4.78 is 11.9. The van der Waals surface area contributed by atoms with Gasteiger partial charge in [0.1, 0.15) is 5.84 Å². The molecule has 3 rings (SSSR count). The molecule has 6 nitrogen and oxygen atoms in total. The summed E-state index contributed by atoms with van der Waals surface area (Å²) in [7, 11) is 6.11. The first-order chi connectivity index (χ1) is 17.4. The van der Waals surface area contributed by atoms with Gasteiger partial charge in [-0.1, -0.05) is 48.5 Å². The molecule has 1 aromatic heterocycles. The lowest BCUT2D eigenvalue weighted by Gasteiger charge is -2.21. The van der Waals surface area contributed by atoms with E-state index in [0.717, 1.165) is 91.0 Å². The lowest BCUT2D eigenvalue weighted by atomic mass is 10.0. The summed E-state index contributed by atoms with van der Waals surface area (Å²) >= 11 is 7.91. The van der Waals surface area contributed by atoms with Crippen LogP contribution in [0.15, 0.2) is 44.9 Å². The van der Waals surface area contributed by atoms with Gasteiger partial charge in [0, 0.05) is 57.0 Å². The van der Waals surface area contributed by atoms with E-state index in [2.05, 4.69) is 60.1 Å². The number of aromatic nitrogens is 1. The number of likely N-dealkylation sites (N-methyl/N-ethyl adjacent to an activating group) is 1. The van der Waals surface area contributed by atoms with Gasteiger partial charge < -0.3 is 19.0 Å². The van der Waals surface area contributed by atoms with Crippen LogP contribution < -0.4 is 0 Å². The van der Waals surface area contributed by atoms with Crippen LogP contribution in [0, 0.1) is 6.92 Å². The number of ether oxygens (including phenoxy) is 1. The van der Waals surface area contributed by atoms with Crippen molar-refractivity contribution in [2.24, 2.45) is 4.99 Å². The summed E-state index contributed by atoms with van der Waals surface area (Å²) in [5, 5.41) is 1.70. The first kappa shape index (κ1) is 28.8. The summed E-state index contributed by atoms with van der Waals surface area (Å²) in [6.45, 7) is 8.90. The van der Waals surface area contributed by atoms with Crippen LogP contribution in [-0.4, -0.2) is 74.6 Å². The maximum absolute atomic E-state index is 6.34. The van der Waals surface area contributed by atoms with Gasteiger partial charge in [-0.15, -0.1) is 0 Å². The van der Waals surface area contributed by atoms with Crippen LogP contribution in [-0.2, 0) is 16.9 Å². The van der Waals surface area contributed by atoms with Crippen molar-refractivity contribution in [2.75, 3.05) is 54.0 Å². The van der Waals surface area contributed by atoms with Crippen LogP contribution in [0.5, 0.6) is 0 Å². The standard InChI is InChI=1S/C28H41ClN4O2S/c1-6-32(4)15-8-16-33(5)26(30-3)10-7-9-25-28(35-27(31-25)23-13-17-34-18-14-23)36-20-22-11-12-24(29)21(2)19-22/h7,10-12,19,23H,6,8-9,13-18,20H2,1-5H3/b10-7-,30-26?. The fraction of sp³-hybridized carbons (Fsp3) is 0.571. The largest absolute Gasteiger partial charge is 0.434 e. The summed E-state index contributed by atoms with van der Waals surface area (Å²) in [5.74, 6) is 2.97. The van der Waals surface area contributed by atoms with Gasteiger partial charge in [-0.05, 0) is 69.6 Å². The topological polar surface area (TPSA) is 54.1 Å². The zero-order valence-electron chi connectivity index (χ0n) is 22.4. The molecule has 1 aliphatic heterocycles. The second kappa shape index (κ2) is 14.8. The van der Waals surface area contributed by atoms with E-state index in [-0.39, 0.29) is 0 Å². The number of oxazole rings is 1. The van der Waals surface area contributed by atoms with Gasteiger partial charge in [0.15, 0.2) is 11.0 Å². The molecule has 0 radical (unpaired) electrons. The van der Waals surface area contributed by atoms with Crippen molar-refractivity contribution in [3.63, 3.8) is 0 Å². The molecule has 2 heterocycles. The lowest BCUT2D eigenvalue weighted by Crippen LogP contribution is -2.29. The fourth-order valence-electron chi connectivity index (χ4n) is 4.16. The number of halogens is 1. The van der Waals surface area contributed by atoms with E-state index in [1.807, 2.05) is 20.0 Å².